The quantitative estimate of drug-likeness (QED) is 0.825. The average molecular weight is 290 g/mol. The number of rotatable bonds is 6. The van der Waals surface area contributed by atoms with Crippen molar-refractivity contribution in [3.05, 3.63) is 29.6 Å². The number of fused-ring (bicyclic) bond motifs is 1. The Labute approximate surface area is 125 Å². The number of Topliss-reactive ketones (excluding diaryl/α,β-unsaturated/α-hetero) is 1. The van der Waals surface area contributed by atoms with Crippen molar-refractivity contribution in [1.29, 1.82) is 0 Å². The van der Waals surface area contributed by atoms with Crippen LogP contribution in [0.3, 0.4) is 0 Å². The number of nitrogens with zero attached hydrogens (tertiary/aromatic N) is 2. The van der Waals surface area contributed by atoms with Crippen molar-refractivity contribution in [3.63, 3.8) is 0 Å². The van der Waals surface area contributed by atoms with E-state index >= 15 is 0 Å². The second kappa shape index (κ2) is 6.44. The van der Waals surface area contributed by atoms with E-state index in [1.54, 1.807) is 6.92 Å². The predicted molar refractivity (Wildman–Crippen MR) is 86.7 cm³/mol. The molecule has 1 aromatic carbocycles. The Bertz CT molecular complexity index is 616. The number of carbonyl (C=O) groups is 1. The summed E-state index contributed by atoms with van der Waals surface area (Å²) in [5, 5.41) is 0. The Hall–Kier alpha value is -1.29. The number of ketones is 1. The van der Waals surface area contributed by atoms with Gasteiger partial charge in [-0.05, 0) is 36.3 Å². The van der Waals surface area contributed by atoms with Crippen molar-refractivity contribution >= 4 is 29.4 Å². The van der Waals surface area contributed by atoms with Crippen LogP contribution in [-0.2, 0) is 17.8 Å². The van der Waals surface area contributed by atoms with Crippen LogP contribution in [0.15, 0.2) is 18.2 Å². The zero-order chi connectivity index (χ0) is 14.7. The summed E-state index contributed by atoms with van der Waals surface area (Å²) in [6.45, 7) is 6.70. The van der Waals surface area contributed by atoms with Crippen molar-refractivity contribution < 1.29 is 4.79 Å². The first kappa shape index (κ1) is 15.1. The van der Waals surface area contributed by atoms with E-state index in [4.69, 9.17) is 4.98 Å². The minimum Gasteiger partial charge on any atom is -0.328 e. The van der Waals surface area contributed by atoms with Gasteiger partial charge in [0.2, 0.25) is 0 Å². The van der Waals surface area contributed by atoms with Gasteiger partial charge in [0.25, 0.3) is 0 Å². The second-order valence-electron chi connectivity index (χ2n) is 5.51. The largest absolute Gasteiger partial charge is 0.328 e. The number of aromatic nitrogens is 2. The molecule has 0 spiro atoms. The predicted octanol–water partition coefficient (Wildman–Crippen LogP) is 3.61. The first-order chi connectivity index (χ1) is 9.52. The molecule has 0 bridgehead atoms. The number of aryl methyl sites for hydroxylation is 2. The molecule has 0 aliphatic carbocycles. The van der Waals surface area contributed by atoms with Gasteiger partial charge < -0.3 is 4.57 Å². The fraction of sp³-hybridized carbons (Fsp3) is 0.500. The lowest BCUT2D eigenvalue weighted by Crippen LogP contribution is -2.07. The molecule has 20 heavy (non-hydrogen) atoms. The maximum atomic E-state index is 11.2. The number of benzene rings is 1. The monoisotopic (exact) mass is 290 g/mol. The van der Waals surface area contributed by atoms with Gasteiger partial charge in [-0.3, -0.25) is 4.79 Å². The topological polar surface area (TPSA) is 34.9 Å². The highest BCUT2D eigenvalue weighted by Gasteiger charge is 2.12. The van der Waals surface area contributed by atoms with E-state index in [2.05, 4.69) is 49.2 Å². The molecule has 1 heterocycles. The summed E-state index contributed by atoms with van der Waals surface area (Å²) >= 11 is 4.30. The Balaban J connectivity index is 2.45. The lowest BCUT2D eigenvalue weighted by molar-refractivity contribution is -0.117. The molecule has 1 aromatic heterocycles. The van der Waals surface area contributed by atoms with Gasteiger partial charge in [0.15, 0.2) is 0 Å². The summed E-state index contributed by atoms with van der Waals surface area (Å²) in [6.07, 6.45) is 1.38. The third-order valence-electron chi connectivity index (χ3n) is 3.54. The van der Waals surface area contributed by atoms with Gasteiger partial charge in [-0.15, -0.1) is 0 Å². The molecule has 0 amide bonds. The highest BCUT2D eigenvalue weighted by molar-refractivity contribution is 7.80. The van der Waals surface area contributed by atoms with Gasteiger partial charge in [-0.25, -0.2) is 4.98 Å². The summed E-state index contributed by atoms with van der Waals surface area (Å²) in [7, 11) is 0. The van der Waals surface area contributed by atoms with Crippen LogP contribution < -0.4 is 0 Å². The highest BCUT2D eigenvalue weighted by atomic mass is 32.1. The minimum atomic E-state index is 0.211. The SMILES string of the molecule is CC(=O)CCn1c(CCS)nc2cc(C(C)C)ccc21. The fourth-order valence-corrected chi connectivity index (χ4v) is 2.57. The third kappa shape index (κ3) is 3.23. The molecule has 0 unspecified atom stereocenters. The number of carbonyl (C=O) groups excluding carboxylic acids is 1. The normalized spacial score (nSPS) is 11.4. The number of imidazole rings is 1. The molecule has 0 atom stereocenters. The van der Waals surface area contributed by atoms with Crippen LogP contribution in [0.4, 0.5) is 0 Å². The van der Waals surface area contributed by atoms with Crippen LogP contribution in [0, 0.1) is 0 Å². The van der Waals surface area contributed by atoms with Gasteiger partial charge in [0.05, 0.1) is 11.0 Å². The van der Waals surface area contributed by atoms with Crippen LogP contribution in [0.2, 0.25) is 0 Å². The van der Waals surface area contributed by atoms with Crippen molar-refractivity contribution in [2.24, 2.45) is 0 Å². The van der Waals surface area contributed by atoms with Crippen LogP contribution in [0.25, 0.3) is 11.0 Å². The van der Waals surface area contributed by atoms with Crippen LogP contribution in [0.5, 0.6) is 0 Å². The Morgan fingerprint density at radius 2 is 2.15 bits per heavy atom. The van der Waals surface area contributed by atoms with E-state index in [9.17, 15) is 4.79 Å². The van der Waals surface area contributed by atoms with E-state index in [1.807, 2.05) is 0 Å². The fourth-order valence-electron chi connectivity index (χ4n) is 2.37. The number of hydrogen-bond acceptors (Lipinski definition) is 3. The van der Waals surface area contributed by atoms with Gasteiger partial charge in [0, 0.05) is 19.4 Å². The lowest BCUT2D eigenvalue weighted by atomic mass is 10.0. The zero-order valence-corrected chi connectivity index (χ0v) is 13.3. The van der Waals surface area contributed by atoms with E-state index < -0.39 is 0 Å². The molecule has 0 N–H and O–H groups in total. The second-order valence-corrected chi connectivity index (χ2v) is 5.96. The molecule has 4 heteroatoms. The smallest absolute Gasteiger partial charge is 0.131 e. The summed E-state index contributed by atoms with van der Waals surface area (Å²) in [6, 6.07) is 6.44. The molecule has 3 nitrogen and oxygen atoms in total. The van der Waals surface area contributed by atoms with Crippen molar-refractivity contribution in [1.82, 2.24) is 9.55 Å². The van der Waals surface area contributed by atoms with Gasteiger partial charge in [-0.1, -0.05) is 19.9 Å². The van der Waals surface area contributed by atoms with Gasteiger partial charge >= 0.3 is 0 Å². The summed E-state index contributed by atoms with van der Waals surface area (Å²) in [4.78, 5) is 16.0. The van der Waals surface area contributed by atoms with Crippen molar-refractivity contribution in [2.45, 2.75) is 46.1 Å². The average Bonchev–Trinajstić information content (AvgIpc) is 2.73. The maximum absolute atomic E-state index is 11.2. The van der Waals surface area contributed by atoms with Crippen LogP contribution in [0.1, 0.15) is 44.5 Å². The lowest BCUT2D eigenvalue weighted by Gasteiger charge is -2.08. The van der Waals surface area contributed by atoms with E-state index in [1.165, 1.54) is 5.56 Å². The molecule has 0 aliphatic heterocycles. The van der Waals surface area contributed by atoms with Gasteiger partial charge in [-0.2, -0.15) is 12.6 Å². The zero-order valence-electron chi connectivity index (χ0n) is 12.4. The van der Waals surface area contributed by atoms with Crippen molar-refractivity contribution in [2.75, 3.05) is 5.75 Å². The Morgan fingerprint density at radius 1 is 1.40 bits per heavy atom. The maximum Gasteiger partial charge on any atom is 0.131 e. The standard InChI is InChI=1S/C16H22N2OS/c1-11(2)13-4-5-15-14(10-13)17-16(7-9-20)18(15)8-6-12(3)19/h4-5,10-11,20H,6-9H2,1-3H3. The molecule has 0 aliphatic rings. The van der Waals surface area contributed by atoms with Crippen LogP contribution in [-0.4, -0.2) is 21.1 Å². The Kier molecular flexibility index (Phi) is 4.86. The number of hydrogen-bond donors (Lipinski definition) is 1. The third-order valence-corrected chi connectivity index (χ3v) is 3.76. The highest BCUT2D eigenvalue weighted by Crippen LogP contribution is 2.23. The summed E-state index contributed by atoms with van der Waals surface area (Å²) in [5.74, 6) is 2.50. The molecule has 2 rings (SSSR count). The van der Waals surface area contributed by atoms with Gasteiger partial charge in [0.1, 0.15) is 11.6 Å². The van der Waals surface area contributed by atoms with E-state index in [0.29, 0.717) is 18.9 Å². The first-order valence-electron chi connectivity index (χ1n) is 7.12. The summed E-state index contributed by atoms with van der Waals surface area (Å²) in [5.41, 5.74) is 3.44. The summed E-state index contributed by atoms with van der Waals surface area (Å²) < 4.78 is 2.16. The molecule has 108 valence electrons. The molecule has 0 fully saturated rings. The molecule has 0 saturated heterocycles. The first-order valence-corrected chi connectivity index (χ1v) is 7.75. The number of thiol groups is 1. The molecule has 0 saturated carbocycles. The van der Waals surface area contributed by atoms with Crippen LogP contribution >= 0.6 is 12.6 Å². The molecule has 2 aromatic rings. The molecular formula is C16H22N2OS. The Morgan fingerprint density at radius 3 is 2.75 bits per heavy atom. The minimum absolute atomic E-state index is 0.211. The van der Waals surface area contributed by atoms with Crippen molar-refractivity contribution in [3.8, 4) is 0 Å². The molecular weight excluding hydrogens is 268 g/mol. The van der Waals surface area contributed by atoms with E-state index in [-0.39, 0.29) is 5.78 Å². The molecule has 0 radical (unpaired) electrons. The van der Waals surface area contributed by atoms with E-state index in [0.717, 1.165) is 29.0 Å².